The number of carbonyl (C=O) groups excluding carboxylic acids is 2. The van der Waals surface area contributed by atoms with Gasteiger partial charge in [0.05, 0.1) is 44.1 Å². The molecule has 3 aliphatic heterocycles. The Hall–Kier alpha value is -5.12. The van der Waals surface area contributed by atoms with E-state index in [2.05, 4.69) is 28.7 Å². The lowest BCUT2D eigenvalue weighted by Gasteiger charge is -2.37. The van der Waals surface area contributed by atoms with Gasteiger partial charge < -0.3 is 50.0 Å². The Morgan fingerprint density at radius 2 is 1.80 bits per heavy atom. The number of ether oxygens (including phenoxy) is 3. The summed E-state index contributed by atoms with van der Waals surface area (Å²) in [5.74, 6) is -1.05. The number of rotatable bonds is 13. The van der Waals surface area contributed by atoms with Crippen LogP contribution in [0, 0.1) is 16.0 Å². The maximum absolute atomic E-state index is 15.3. The van der Waals surface area contributed by atoms with Crippen LogP contribution in [0.3, 0.4) is 0 Å². The lowest BCUT2D eigenvalue weighted by Crippen LogP contribution is -2.60. The first-order valence-electron chi connectivity index (χ1n) is 19.3. The zero-order chi connectivity index (χ0) is 42.4. The topological polar surface area (TPSA) is 252 Å². The summed E-state index contributed by atoms with van der Waals surface area (Å²) in [6.45, 7) is 6.75. The highest BCUT2D eigenvalue weighted by Crippen LogP contribution is 2.60. The van der Waals surface area contributed by atoms with E-state index in [0.29, 0.717) is 47.6 Å². The van der Waals surface area contributed by atoms with Gasteiger partial charge in [0.15, 0.2) is 18.0 Å². The van der Waals surface area contributed by atoms with Gasteiger partial charge in [0.1, 0.15) is 24.1 Å². The third kappa shape index (κ3) is 7.64. The van der Waals surface area contributed by atoms with Crippen LogP contribution in [0.25, 0.3) is 0 Å². The summed E-state index contributed by atoms with van der Waals surface area (Å²) in [6.07, 6.45) is -7.01. The van der Waals surface area contributed by atoms with E-state index in [1.54, 1.807) is 53.2 Å². The predicted octanol–water partition coefficient (Wildman–Crippen LogP) is 1.32. The molecular weight excluding hydrogens is 785 g/mol. The summed E-state index contributed by atoms with van der Waals surface area (Å²) in [7, 11) is -0.961. The fourth-order valence-corrected chi connectivity index (χ4v) is 13.1. The first-order valence-corrected chi connectivity index (χ1v) is 22.4. The van der Waals surface area contributed by atoms with Crippen molar-refractivity contribution in [2.24, 2.45) is 5.92 Å². The summed E-state index contributed by atoms with van der Waals surface area (Å²) in [5.41, 5.74) is 0.291. The van der Waals surface area contributed by atoms with Gasteiger partial charge in [-0.2, -0.15) is 0 Å². The molecule has 1 spiro atoms. The number of methoxy groups -OCH3 is 1. The van der Waals surface area contributed by atoms with Crippen LogP contribution in [0.5, 0.6) is 5.75 Å². The molecule has 2 saturated heterocycles. The number of aromatic nitrogens is 3. The molecule has 0 radical (unpaired) electrons. The van der Waals surface area contributed by atoms with Crippen LogP contribution >= 0.6 is 0 Å². The second-order valence-electron chi connectivity index (χ2n) is 15.9. The molecule has 3 aromatic carbocycles. The van der Waals surface area contributed by atoms with Crippen molar-refractivity contribution in [3.8, 4) is 5.75 Å². The van der Waals surface area contributed by atoms with E-state index < -0.39 is 73.1 Å². The van der Waals surface area contributed by atoms with Gasteiger partial charge >= 0.3 is 0 Å². The highest BCUT2D eigenvalue weighted by molar-refractivity contribution is 6.91. The number of aliphatic hydroxyl groups is 5. The summed E-state index contributed by atoms with van der Waals surface area (Å²) in [6, 6.07) is 18.8. The van der Waals surface area contributed by atoms with Crippen molar-refractivity contribution in [3.05, 3.63) is 99.9 Å². The first kappa shape index (κ1) is 42.0. The number of fused-ring (bicyclic) bond motifs is 2. The number of aliphatic hydroxyl groups excluding tert-OH is 5. The molecule has 1 aromatic heterocycles. The molecule has 2 fully saturated rings. The number of carbonyl (C=O) groups is 2. The van der Waals surface area contributed by atoms with Gasteiger partial charge in [-0.1, -0.05) is 54.7 Å². The van der Waals surface area contributed by atoms with Crippen molar-refractivity contribution in [1.29, 1.82) is 0 Å². The molecule has 2 amide bonds. The second kappa shape index (κ2) is 16.5. The van der Waals surface area contributed by atoms with Crippen LogP contribution in [-0.2, 0) is 44.2 Å². The third-order valence-electron chi connectivity index (χ3n) is 12.0. The van der Waals surface area contributed by atoms with Crippen molar-refractivity contribution < 1.29 is 54.3 Å². The highest BCUT2D eigenvalue weighted by atomic mass is 28.3. The zero-order valence-electron chi connectivity index (χ0n) is 32.9. The molecule has 0 saturated carbocycles. The number of nitro benzene ring substituents is 1. The summed E-state index contributed by atoms with van der Waals surface area (Å²) >= 11 is 0. The molecule has 0 aliphatic carbocycles. The van der Waals surface area contributed by atoms with Crippen LogP contribution in [0.15, 0.2) is 72.9 Å². The standard InChI is InChI=1S/C40H48N6O12Si/c1-22-36(59(3,4)28-11-9-27(56-2)10-12-28)31(14-16-44-21-25(15-17-47)42-43-44)58-40(22)29-19-26(46(54)55)8-13-30(29)45(39(40)53)20-23-6-5-7-24(18-23)41-37(51)35-33(49)32(48)34(50)38(52)57-35/h5-13,18-19,21-22,31-36,38,47-50,52H,14-17,20H2,1-4H3,(H,41,51)/t22-,31+,32-,33-,34+,35-,36-,38+,40+/m0/s1. The van der Waals surface area contributed by atoms with Crippen LogP contribution in [-0.4, -0.2) is 116 Å². The van der Waals surface area contributed by atoms with Crippen molar-refractivity contribution in [3.63, 3.8) is 0 Å². The lowest BCUT2D eigenvalue weighted by molar-refractivity contribution is -0.385. The van der Waals surface area contributed by atoms with E-state index >= 15 is 4.79 Å². The number of non-ortho nitro benzene ring substituents is 1. The Balaban J connectivity index is 1.23. The van der Waals surface area contributed by atoms with Crippen molar-refractivity contribution in [2.75, 3.05) is 23.9 Å². The number of hydrogen-bond acceptors (Lipinski definition) is 14. The Labute approximate surface area is 340 Å². The second-order valence-corrected chi connectivity index (χ2v) is 20.5. The number of nitro groups is 1. The van der Waals surface area contributed by atoms with Gasteiger partial charge in [-0.25, -0.2) is 0 Å². The normalized spacial score (nSPS) is 27.9. The first-order chi connectivity index (χ1) is 28.1. The van der Waals surface area contributed by atoms with Crippen LogP contribution in [0.4, 0.5) is 17.1 Å². The molecule has 0 unspecified atom stereocenters. The third-order valence-corrected chi connectivity index (χ3v) is 16.4. The monoisotopic (exact) mass is 832 g/mol. The predicted molar refractivity (Wildman–Crippen MR) is 213 cm³/mol. The Morgan fingerprint density at radius 3 is 2.49 bits per heavy atom. The number of nitrogens with zero attached hydrogens (tertiary/aromatic N) is 5. The van der Waals surface area contributed by atoms with Gasteiger partial charge in [-0.3, -0.25) is 24.4 Å². The molecule has 3 aliphatic rings. The van der Waals surface area contributed by atoms with Crippen LogP contribution in [0.2, 0.25) is 18.6 Å². The zero-order valence-corrected chi connectivity index (χ0v) is 33.9. The molecule has 59 heavy (non-hydrogen) atoms. The summed E-state index contributed by atoms with van der Waals surface area (Å²) in [4.78, 5) is 41.6. The maximum Gasteiger partial charge on any atom is 0.269 e. The molecule has 4 aromatic rings. The maximum atomic E-state index is 15.3. The van der Waals surface area contributed by atoms with Crippen molar-refractivity contribution >= 4 is 42.1 Å². The van der Waals surface area contributed by atoms with E-state index in [1.807, 2.05) is 31.2 Å². The fraction of sp³-hybridized carbons (Fsp3) is 0.450. The molecule has 7 rings (SSSR count). The molecule has 6 N–H and O–H groups in total. The van der Waals surface area contributed by atoms with Crippen LogP contribution < -0.4 is 20.1 Å². The van der Waals surface area contributed by atoms with E-state index in [9.17, 15) is 40.4 Å². The number of benzene rings is 3. The number of amides is 2. The van der Waals surface area contributed by atoms with Gasteiger partial charge in [0.25, 0.3) is 17.5 Å². The SMILES string of the molecule is COc1ccc([Si](C)(C)[C@@H]2[C@@H](CCn3cc(CCO)nn3)O[C@]3(C(=O)N(Cc4cccc(NC(=O)[C@H]5O[C@@H](O)[C@H](O)[C@@H](O)[C@@H]5O)c4)c4ccc([N+](=O)[O-])cc43)[C@H]2C)cc1. The summed E-state index contributed by atoms with van der Waals surface area (Å²) < 4.78 is 19.3. The minimum absolute atomic E-state index is 0.0153. The largest absolute Gasteiger partial charge is 0.497 e. The van der Waals surface area contributed by atoms with Crippen molar-refractivity contribution in [1.82, 2.24) is 15.0 Å². The number of hydrogen-bond donors (Lipinski definition) is 6. The van der Waals surface area contributed by atoms with E-state index in [4.69, 9.17) is 14.2 Å². The Kier molecular flexibility index (Phi) is 11.7. The minimum atomic E-state index is -2.56. The van der Waals surface area contributed by atoms with Crippen LogP contribution in [0.1, 0.15) is 30.2 Å². The highest BCUT2D eigenvalue weighted by Gasteiger charge is 2.66. The summed E-state index contributed by atoms with van der Waals surface area (Å²) in [5, 5.41) is 74.0. The quantitative estimate of drug-likeness (QED) is 0.0632. The Morgan fingerprint density at radius 1 is 1.05 bits per heavy atom. The van der Waals surface area contributed by atoms with Crippen molar-refractivity contribution in [2.45, 2.75) is 93.9 Å². The molecular formula is C40H48N6O12Si. The molecule has 19 heteroatoms. The fourth-order valence-electron chi connectivity index (χ4n) is 9.00. The number of nitrogens with one attached hydrogen (secondary N) is 1. The molecule has 0 bridgehead atoms. The molecule has 314 valence electrons. The average Bonchev–Trinajstić information content (AvgIpc) is 3.87. The minimum Gasteiger partial charge on any atom is -0.497 e. The number of aryl methyl sites for hydroxylation is 1. The van der Waals surface area contributed by atoms with E-state index in [1.165, 1.54) is 12.1 Å². The molecule has 9 atom stereocenters. The van der Waals surface area contributed by atoms with E-state index in [0.717, 1.165) is 5.19 Å². The van der Waals surface area contributed by atoms with Gasteiger partial charge in [-0.05, 0) is 47.9 Å². The van der Waals surface area contributed by atoms with E-state index in [-0.39, 0.29) is 30.1 Å². The smallest absolute Gasteiger partial charge is 0.269 e. The van der Waals surface area contributed by atoms with Gasteiger partial charge in [-0.15, -0.1) is 5.10 Å². The average molecular weight is 833 g/mol. The van der Waals surface area contributed by atoms with Gasteiger partial charge in [0, 0.05) is 55.1 Å². The Bertz CT molecular complexity index is 2210. The number of anilines is 2. The molecule has 18 nitrogen and oxygen atoms in total. The lowest BCUT2D eigenvalue weighted by atomic mass is 9.82. The molecule has 4 heterocycles. The van der Waals surface area contributed by atoms with Gasteiger partial charge in [0.2, 0.25) is 0 Å².